The molecule has 2 N–H and O–H groups in total. The fourth-order valence-corrected chi connectivity index (χ4v) is 3.09. The van der Waals surface area contributed by atoms with Gasteiger partial charge in [-0.15, -0.1) is 12.4 Å². The van der Waals surface area contributed by atoms with Crippen molar-refractivity contribution in [2.24, 2.45) is 7.05 Å². The molecule has 2 aromatic rings. The molecule has 2 heterocycles. The van der Waals surface area contributed by atoms with Gasteiger partial charge in [-0.25, -0.2) is 0 Å². The number of hydrogen-bond donors (Lipinski definition) is 2. The molecule has 0 bridgehead atoms. The van der Waals surface area contributed by atoms with Crippen molar-refractivity contribution in [3.63, 3.8) is 0 Å². The van der Waals surface area contributed by atoms with Crippen LogP contribution in [0.15, 0.2) is 30.5 Å². The molecule has 1 aromatic carbocycles. The van der Waals surface area contributed by atoms with Gasteiger partial charge >= 0.3 is 0 Å². The maximum atomic E-state index is 12.6. The fraction of sp³-hybridized carbons (Fsp3) is 0.412. The van der Waals surface area contributed by atoms with E-state index in [1.165, 1.54) is 0 Å². The van der Waals surface area contributed by atoms with Gasteiger partial charge in [0.05, 0.1) is 10.6 Å². The second-order valence-electron chi connectivity index (χ2n) is 5.89. The highest BCUT2D eigenvalue weighted by atomic mass is 35.5. The third-order valence-electron chi connectivity index (χ3n) is 4.13. The first-order valence-corrected chi connectivity index (χ1v) is 8.53. The molecule has 0 aliphatic carbocycles. The van der Waals surface area contributed by atoms with Gasteiger partial charge in [0.1, 0.15) is 5.69 Å². The Hall–Kier alpha value is -1.60. The molecule has 1 saturated heterocycles. The largest absolute Gasteiger partial charge is 0.351 e. The molecule has 1 aliphatic rings. The highest BCUT2D eigenvalue weighted by molar-refractivity contribution is 6.33. The van der Waals surface area contributed by atoms with Crippen LogP contribution in [-0.4, -0.2) is 59.9 Å². The van der Waals surface area contributed by atoms with E-state index in [9.17, 15) is 4.79 Å². The van der Waals surface area contributed by atoms with E-state index >= 15 is 0 Å². The van der Waals surface area contributed by atoms with Gasteiger partial charge in [-0.05, 0) is 6.07 Å². The Kier molecular flexibility index (Phi) is 7.25. The summed E-state index contributed by atoms with van der Waals surface area (Å²) >= 11 is 6.26. The first-order chi connectivity index (χ1) is 11.6. The molecule has 25 heavy (non-hydrogen) atoms. The van der Waals surface area contributed by atoms with Crippen molar-refractivity contribution in [2.75, 3.05) is 39.3 Å². The zero-order valence-electron chi connectivity index (χ0n) is 14.2. The maximum Gasteiger partial charge on any atom is 0.255 e. The third kappa shape index (κ3) is 4.95. The van der Waals surface area contributed by atoms with Crippen molar-refractivity contribution in [1.29, 1.82) is 0 Å². The fourth-order valence-electron chi connectivity index (χ4n) is 2.86. The van der Waals surface area contributed by atoms with Crippen LogP contribution in [0.1, 0.15) is 10.4 Å². The van der Waals surface area contributed by atoms with Crippen molar-refractivity contribution in [2.45, 2.75) is 0 Å². The third-order valence-corrected chi connectivity index (χ3v) is 4.46. The second kappa shape index (κ2) is 9.20. The smallest absolute Gasteiger partial charge is 0.255 e. The van der Waals surface area contributed by atoms with Crippen molar-refractivity contribution < 1.29 is 4.79 Å². The summed E-state index contributed by atoms with van der Waals surface area (Å²) in [4.78, 5) is 14.9. The van der Waals surface area contributed by atoms with Crippen LogP contribution in [0.4, 0.5) is 0 Å². The lowest BCUT2D eigenvalue weighted by Gasteiger charge is -2.27. The zero-order valence-corrected chi connectivity index (χ0v) is 15.7. The van der Waals surface area contributed by atoms with Crippen molar-refractivity contribution in [1.82, 2.24) is 25.3 Å². The maximum absolute atomic E-state index is 12.6. The Morgan fingerprint density at radius 1 is 1.32 bits per heavy atom. The lowest BCUT2D eigenvalue weighted by molar-refractivity contribution is 0.0948. The summed E-state index contributed by atoms with van der Waals surface area (Å²) in [6, 6.07) is 7.43. The van der Waals surface area contributed by atoms with E-state index in [0.717, 1.165) is 38.3 Å². The number of carbonyl (C=O) groups is 1. The normalized spacial score (nSPS) is 14.8. The van der Waals surface area contributed by atoms with Crippen LogP contribution in [0.5, 0.6) is 0 Å². The van der Waals surface area contributed by atoms with Crippen LogP contribution in [0, 0.1) is 0 Å². The number of halogens is 2. The van der Waals surface area contributed by atoms with Crippen LogP contribution in [0.2, 0.25) is 5.02 Å². The summed E-state index contributed by atoms with van der Waals surface area (Å²) < 4.78 is 1.64. The Bertz CT molecular complexity index is 713. The van der Waals surface area contributed by atoms with Crippen LogP contribution in [0.3, 0.4) is 0 Å². The van der Waals surface area contributed by atoms with Crippen molar-refractivity contribution in [3.8, 4) is 11.3 Å². The number of aryl methyl sites for hydroxylation is 1. The minimum atomic E-state index is -0.117. The number of rotatable bonds is 5. The molecule has 136 valence electrons. The monoisotopic (exact) mass is 383 g/mol. The summed E-state index contributed by atoms with van der Waals surface area (Å²) in [5, 5.41) is 11.3. The van der Waals surface area contributed by atoms with E-state index in [4.69, 9.17) is 11.6 Å². The topological polar surface area (TPSA) is 62.2 Å². The van der Waals surface area contributed by atoms with Gasteiger partial charge in [-0.3, -0.25) is 14.4 Å². The first-order valence-electron chi connectivity index (χ1n) is 8.15. The molecule has 6 nitrogen and oxygen atoms in total. The summed E-state index contributed by atoms with van der Waals surface area (Å²) in [6.07, 6.45) is 1.73. The number of aromatic nitrogens is 2. The predicted octanol–water partition coefficient (Wildman–Crippen LogP) is 1.80. The summed E-state index contributed by atoms with van der Waals surface area (Å²) in [5.74, 6) is -0.117. The van der Waals surface area contributed by atoms with Crippen LogP contribution >= 0.6 is 24.0 Å². The quantitative estimate of drug-likeness (QED) is 0.826. The van der Waals surface area contributed by atoms with E-state index in [2.05, 4.69) is 20.6 Å². The van der Waals surface area contributed by atoms with Gasteiger partial charge in [0.2, 0.25) is 0 Å². The summed E-state index contributed by atoms with van der Waals surface area (Å²) in [6.45, 7) is 5.53. The molecule has 0 saturated carbocycles. The van der Waals surface area contributed by atoms with Gasteiger partial charge in [-0.2, -0.15) is 5.10 Å². The summed E-state index contributed by atoms with van der Waals surface area (Å²) in [7, 11) is 1.80. The Balaban J connectivity index is 0.00000225. The second-order valence-corrected chi connectivity index (χ2v) is 6.30. The van der Waals surface area contributed by atoms with Gasteiger partial charge in [0.25, 0.3) is 5.91 Å². The SMILES string of the molecule is Cl.Cn1cc(C(=O)NCCN2CCNCC2)c(-c2ccccc2Cl)n1. The molecule has 0 unspecified atom stereocenters. The standard InChI is InChI=1S/C17H22ClN5O.ClH/c1-22-12-14(16(21-22)13-4-2-3-5-15(13)18)17(24)20-8-11-23-9-6-19-7-10-23;/h2-5,12,19H,6-11H2,1H3,(H,20,24);1H. The molecule has 1 aromatic heterocycles. The van der Waals surface area contributed by atoms with Gasteiger partial charge in [0, 0.05) is 58.1 Å². The van der Waals surface area contributed by atoms with E-state index < -0.39 is 0 Å². The Morgan fingerprint density at radius 3 is 2.76 bits per heavy atom. The van der Waals surface area contributed by atoms with Crippen molar-refractivity contribution in [3.05, 3.63) is 41.0 Å². The van der Waals surface area contributed by atoms with Gasteiger partial charge < -0.3 is 10.6 Å². The Labute approximate surface area is 158 Å². The number of carbonyl (C=O) groups excluding carboxylic acids is 1. The molecule has 8 heteroatoms. The Morgan fingerprint density at radius 2 is 2.04 bits per heavy atom. The molecular weight excluding hydrogens is 361 g/mol. The summed E-state index contributed by atoms with van der Waals surface area (Å²) in [5.41, 5.74) is 1.93. The lowest BCUT2D eigenvalue weighted by Crippen LogP contribution is -2.46. The van der Waals surface area contributed by atoms with E-state index in [-0.39, 0.29) is 18.3 Å². The average molecular weight is 384 g/mol. The van der Waals surface area contributed by atoms with E-state index in [0.29, 0.717) is 22.8 Å². The highest BCUT2D eigenvalue weighted by Crippen LogP contribution is 2.28. The zero-order chi connectivity index (χ0) is 16.9. The number of hydrogen-bond acceptors (Lipinski definition) is 4. The molecule has 0 spiro atoms. The number of amides is 1. The number of benzene rings is 1. The average Bonchev–Trinajstić information content (AvgIpc) is 2.98. The van der Waals surface area contributed by atoms with Gasteiger partial charge in [-0.1, -0.05) is 29.8 Å². The number of piperazine rings is 1. The van der Waals surface area contributed by atoms with Crippen molar-refractivity contribution >= 4 is 29.9 Å². The minimum absolute atomic E-state index is 0. The number of nitrogens with zero attached hydrogens (tertiary/aromatic N) is 3. The van der Waals surface area contributed by atoms with Crippen LogP contribution < -0.4 is 10.6 Å². The van der Waals surface area contributed by atoms with Crippen LogP contribution in [-0.2, 0) is 7.05 Å². The first kappa shape index (κ1) is 19.7. The molecule has 0 atom stereocenters. The predicted molar refractivity (Wildman–Crippen MR) is 103 cm³/mol. The molecule has 0 radical (unpaired) electrons. The molecule has 3 rings (SSSR count). The molecule has 1 amide bonds. The van der Waals surface area contributed by atoms with E-state index in [1.54, 1.807) is 24.0 Å². The van der Waals surface area contributed by atoms with E-state index in [1.807, 2.05) is 18.2 Å². The molecule has 1 fully saturated rings. The molecule has 1 aliphatic heterocycles. The highest BCUT2D eigenvalue weighted by Gasteiger charge is 2.19. The van der Waals surface area contributed by atoms with Gasteiger partial charge in [0.15, 0.2) is 0 Å². The van der Waals surface area contributed by atoms with Crippen LogP contribution in [0.25, 0.3) is 11.3 Å². The molecular formula is C17H23Cl2N5O. The minimum Gasteiger partial charge on any atom is -0.351 e. The lowest BCUT2D eigenvalue weighted by atomic mass is 10.1. The number of nitrogens with one attached hydrogen (secondary N) is 2.